The van der Waals surface area contributed by atoms with Crippen molar-refractivity contribution in [3.63, 3.8) is 0 Å². The lowest BCUT2D eigenvalue weighted by atomic mass is 10.0. The number of amides is 1. The summed E-state index contributed by atoms with van der Waals surface area (Å²) in [5, 5.41) is 9.21. The number of likely N-dealkylation sites (tertiary alicyclic amines) is 1. The summed E-state index contributed by atoms with van der Waals surface area (Å²) in [6.07, 6.45) is 1.58. The molecular formula is C16H21NO4. The molecule has 5 heteroatoms. The first-order chi connectivity index (χ1) is 10.1. The number of carboxylic acids is 1. The molecule has 1 heterocycles. The van der Waals surface area contributed by atoms with Gasteiger partial charge in [-0.05, 0) is 31.7 Å². The van der Waals surface area contributed by atoms with Crippen LogP contribution in [0.15, 0.2) is 30.3 Å². The monoisotopic (exact) mass is 291 g/mol. The molecule has 1 fully saturated rings. The van der Waals surface area contributed by atoms with Crippen LogP contribution in [0.1, 0.15) is 31.7 Å². The predicted molar refractivity (Wildman–Crippen MR) is 77.7 cm³/mol. The molecule has 1 amide bonds. The number of nitrogens with zero attached hydrogens (tertiary/aromatic N) is 1. The molecule has 2 rings (SSSR count). The quantitative estimate of drug-likeness (QED) is 0.901. The Morgan fingerprint density at radius 2 is 2.05 bits per heavy atom. The third kappa shape index (κ3) is 4.04. The van der Waals surface area contributed by atoms with Crippen molar-refractivity contribution in [2.24, 2.45) is 0 Å². The average Bonchev–Trinajstić information content (AvgIpc) is 2.52. The van der Waals surface area contributed by atoms with Crippen molar-refractivity contribution in [2.45, 2.75) is 44.9 Å². The standard InChI is InChI=1S/C16H21NO4/c1-12(21-11-13-7-3-2-4-8-13)15(18)17-10-6-5-9-14(17)16(19)20/h2-4,7-8,12,14H,5-6,9-11H2,1H3,(H,19,20)/t12?,14-/m0/s1. The third-order valence-electron chi connectivity index (χ3n) is 3.76. The van der Waals surface area contributed by atoms with Gasteiger partial charge in [0.2, 0.25) is 0 Å². The van der Waals surface area contributed by atoms with Gasteiger partial charge in [0, 0.05) is 6.54 Å². The van der Waals surface area contributed by atoms with E-state index in [0.29, 0.717) is 19.6 Å². The Labute approximate surface area is 124 Å². The fourth-order valence-electron chi connectivity index (χ4n) is 2.55. The first-order valence-corrected chi connectivity index (χ1v) is 7.28. The second-order valence-electron chi connectivity index (χ2n) is 5.32. The topological polar surface area (TPSA) is 66.8 Å². The highest BCUT2D eigenvalue weighted by Gasteiger charge is 2.34. The van der Waals surface area contributed by atoms with Gasteiger partial charge in [-0.2, -0.15) is 0 Å². The Kier molecular flexibility index (Phi) is 5.33. The van der Waals surface area contributed by atoms with Crippen LogP contribution in [-0.2, 0) is 20.9 Å². The van der Waals surface area contributed by atoms with Crippen molar-refractivity contribution in [3.05, 3.63) is 35.9 Å². The Bertz CT molecular complexity index is 488. The van der Waals surface area contributed by atoms with E-state index in [-0.39, 0.29) is 5.91 Å². The lowest BCUT2D eigenvalue weighted by Gasteiger charge is -2.34. The molecule has 1 aliphatic rings. The van der Waals surface area contributed by atoms with E-state index < -0.39 is 18.1 Å². The van der Waals surface area contributed by atoms with E-state index in [2.05, 4.69) is 0 Å². The van der Waals surface area contributed by atoms with Crippen LogP contribution in [0.5, 0.6) is 0 Å². The van der Waals surface area contributed by atoms with Gasteiger partial charge < -0.3 is 14.7 Å². The van der Waals surface area contributed by atoms with Gasteiger partial charge in [-0.1, -0.05) is 30.3 Å². The lowest BCUT2D eigenvalue weighted by molar-refractivity contribution is -0.157. The number of piperidine rings is 1. The van der Waals surface area contributed by atoms with Crippen LogP contribution >= 0.6 is 0 Å². The van der Waals surface area contributed by atoms with Crippen LogP contribution in [0.2, 0.25) is 0 Å². The van der Waals surface area contributed by atoms with Crippen molar-refractivity contribution in [1.82, 2.24) is 4.90 Å². The number of benzene rings is 1. The summed E-state index contributed by atoms with van der Waals surface area (Å²) >= 11 is 0. The van der Waals surface area contributed by atoms with Gasteiger partial charge in [-0.25, -0.2) is 4.79 Å². The van der Waals surface area contributed by atoms with Crippen LogP contribution in [0.4, 0.5) is 0 Å². The minimum atomic E-state index is -0.932. The molecule has 0 aromatic heterocycles. The van der Waals surface area contributed by atoms with Gasteiger partial charge in [0.05, 0.1) is 6.61 Å². The number of carboxylic acid groups (broad SMARTS) is 1. The molecular weight excluding hydrogens is 270 g/mol. The maximum Gasteiger partial charge on any atom is 0.326 e. The summed E-state index contributed by atoms with van der Waals surface area (Å²) in [7, 11) is 0. The minimum absolute atomic E-state index is 0.238. The maximum absolute atomic E-state index is 12.4. The molecule has 2 atom stereocenters. The second-order valence-corrected chi connectivity index (χ2v) is 5.32. The van der Waals surface area contributed by atoms with E-state index in [1.807, 2.05) is 30.3 Å². The first kappa shape index (κ1) is 15.5. The van der Waals surface area contributed by atoms with Crippen LogP contribution in [-0.4, -0.2) is 40.6 Å². The molecule has 21 heavy (non-hydrogen) atoms. The molecule has 0 bridgehead atoms. The molecule has 1 aliphatic heterocycles. The summed E-state index contributed by atoms with van der Waals surface area (Å²) in [5.74, 6) is -1.17. The van der Waals surface area contributed by atoms with Crippen LogP contribution in [0, 0.1) is 0 Å². The van der Waals surface area contributed by atoms with E-state index in [4.69, 9.17) is 4.74 Å². The number of hydrogen-bond donors (Lipinski definition) is 1. The number of aliphatic carboxylic acids is 1. The van der Waals surface area contributed by atoms with E-state index in [1.54, 1.807) is 6.92 Å². The van der Waals surface area contributed by atoms with Gasteiger partial charge in [-0.15, -0.1) is 0 Å². The largest absolute Gasteiger partial charge is 0.480 e. The Balaban J connectivity index is 1.93. The Morgan fingerprint density at radius 3 is 2.71 bits per heavy atom. The van der Waals surface area contributed by atoms with Crippen LogP contribution < -0.4 is 0 Å². The maximum atomic E-state index is 12.4. The fraction of sp³-hybridized carbons (Fsp3) is 0.500. The number of ether oxygens (including phenoxy) is 1. The Morgan fingerprint density at radius 1 is 1.33 bits per heavy atom. The van der Waals surface area contributed by atoms with Crippen LogP contribution in [0.25, 0.3) is 0 Å². The molecule has 0 aliphatic carbocycles. The highest BCUT2D eigenvalue weighted by Crippen LogP contribution is 2.19. The van der Waals surface area contributed by atoms with E-state index in [9.17, 15) is 14.7 Å². The molecule has 114 valence electrons. The van der Waals surface area contributed by atoms with Gasteiger partial charge >= 0.3 is 5.97 Å². The van der Waals surface area contributed by atoms with E-state index in [1.165, 1.54) is 4.90 Å². The number of carbonyl (C=O) groups excluding carboxylic acids is 1. The summed E-state index contributed by atoms with van der Waals surface area (Å²) in [5.41, 5.74) is 0.991. The normalized spacial score (nSPS) is 20.0. The number of carbonyl (C=O) groups is 2. The SMILES string of the molecule is CC(OCc1ccccc1)C(=O)N1CCCC[C@H]1C(=O)O. The van der Waals surface area contributed by atoms with Gasteiger partial charge in [0.25, 0.3) is 5.91 Å². The van der Waals surface area contributed by atoms with Crippen molar-refractivity contribution in [2.75, 3.05) is 6.54 Å². The number of hydrogen-bond acceptors (Lipinski definition) is 3. The summed E-state index contributed by atoms with van der Waals surface area (Å²) < 4.78 is 5.59. The highest BCUT2D eigenvalue weighted by molar-refractivity contribution is 5.86. The minimum Gasteiger partial charge on any atom is -0.480 e. The van der Waals surface area contributed by atoms with E-state index in [0.717, 1.165) is 18.4 Å². The summed E-state index contributed by atoms with van der Waals surface area (Å²) in [4.78, 5) is 25.1. The van der Waals surface area contributed by atoms with Gasteiger partial charge in [0.1, 0.15) is 12.1 Å². The predicted octanol–water partition coefficient (Wildman–Crippen LogP) is 2.06. The fourth-order valence-corrected chi connectivity index (χ4v) is 2.55. The summed E-state index contributed by atoms with van der Waals surface area (Å²) in [6.45, 7) is 2.52. The highest BCUT2D eigenvalue weighted by atomic mass is 16.5. The molecule has 0 spiro atoms. The smallest absolute Gasteiger partial charge is 0.326 e. The van der Waals surface area contributed by atoms with Crippen molar-refractivity contribution >= 4 is 11.9 Å². The molecule has 1 N–H and O–H groups in total. The van der Waals surface area contributed by atoms with Gasteiger partial charge in [0.15, 0.2) is 0 Å². The third-order valence-corrected chi connectivity index (χ3v) is 3.76. The van der Waals surface area contributed by atoms with Gasteiger partial charge in [-0.3, -0.25) is 4.79 Å². The van der Waals surface area contributed by atoms with Crippen molar-refractivity contribution in [1.29, 1.82) is 0 Å². The van der Waals surface area contributed by atoms with Crippen LogP contribution in [0.3, 0.4) is 0 Å². The lowest BCUT2D eigenvalue weighted by Crippen LogP contribution is -2.51. The van der Waals surface area contributed by atoms with Crippen molar-refractivity contribution < 1.29 is 19.4 Å². The zero-order chi connectivity index (χ0) is 15.2. The molecule has 1 unspecified atom stereocenters. The zero-order valence-electron chi connectivity index (χ0n) is 12.2. The Hall–Kier alpha value is -1.88. The molecule has 1 saturated heterocycles. The zero-order valence-corrected chi connectivity index (χ0v) is 12.2. The molecule has 0 radical (unpaired) electrons. The average molecular weight is 291 g/mol. The van der Waals surface area contributed by atoms with E-state index >= 15 is 0 Å². The van der Waals surface area contributed by atoms with Crippen molar-refractivity contribution in [3.8, 4) is 0 Å². The molecule has 0 saturated carbocycles. The molecule has 5 nitrogen and oxygen atoms in total. The molecule has 1 aromatic rings. The second kappa shape index (κ2) is 7.22. The molecule has 1 aromatic carbocycles. The number of rotatable bonds is 5. The first-order valence-electron chi connectivity index (χ1n) is 7.28. The summed E-state index contributed by atoms with van der Waals surface area (Å²) in [6, 6.07) is 8.89.